The second-order valence-electron chi connectivity index (χ2n) is 4.52. The number of phenolic OH excluding ortho intramolecular Hbond substituents is 3. The standard InChI is InChI=1S/C15H14N2O5/c1-8(11-6-7-12(18)14(20)13(11)19)16-17-10-4-2-9(3-5-10)15(21)22/h2-7,17-20H,1H3,(H,21,22)/b16-8+. The van der Waals surface area contributed by atoms with Crippen molar-refractivity contribution >= 4 is 17.4 Å². The smallest absolute Gasteiger partial charge is 0.335 e. The number of aromatic hydroxyl groups is 3. The van der Waals surface area contributed by atoms with Gasteiger partial charge in [-0.1, -0.05) is 0 Å². The molecule has 0 saturated carbocycles. The molecule has 0 fully saturated rings. The minimum Gasteiger partial charge on any atom is -0.504 e. The number of anilines is 1. The van der Waals surface area contributed by atoms with E-state index in [0.717, 1.165) is 0 Å². The molecule has 0 aromatic heterocycles. The maximum absolute atomic E-state index is 10.7. The van der Waals surface area contributed by atoms with Crippen molar-refractivity contribution in [3.05, 3.63) is 47.5 Å². The summed E-state index contributed by atoms with van der Waals surface area (Å²) >= 11 is 0. The normalized spacial score (nSPS) is 11.2. The average Bonchev–Trinajstić information content (AvgIpc) is 2.51. The Kier molecular flexibility index (Phi) is 4.17. The number of phenols is 3. The van der Waals surface area contributed by atoms with E-state index in [9.17, 15) is 20.1 Å². The van der Waals surface area contributed by atoms with Crippen molar-refractivity contribution in [2.24, 2.45) is 5.10 Å². The summed E-state index contributed by atoms with van der Waals surface area (Å²) in [4.78, 5) is 10.7. The van der Waals surface area contributed by atoms with Crippen LogP contribution in [0, 0.1) is 0 Å². The summed E-state index contributed by atoms with van der Waals surface area (Å²) in [7, 11) is 0. The van der Waals surface area contributed by atoms with Crippen LogP contribution in [-0.2, 0) is 0 Å². The molecule has 0 radical (unpaired) electrons. The van der Waals surface area contributed by atoms with E-state index >= 15 is 0 Å². The fourth-order valence-electron chi connectivity index (χ4n) is 1.76. The minimum atomic E-state index is -1.02. The van der Waals surface area contributed by atoms with E-state index in [1.54, 1.807) is 19.1 Å². The lowest BCUT2D eigenvalue weighted by atomic mass is 10.1. The first-order valence-corrected chi connectivity index (χ1v) is 6.28. The van der Waals surface area contributed by atoms with Gasteiger partial charge in [0.25, 0.3) is 0 Å². The molecule has 0 spiro atoms. The van der Waals surface area contributed by atoms with E-state index in [1.165, 1.54) is 24.3 Å². The van der Waals surface area contributed by atoms with E-state index in [2.05, 4.69) is 10.5 Å². The largest absolute Gasteiger partial charge is 0.504 e. The monoisotopic (exact) mass is 302 g/mol. The Morgan fingerprint density at radius 1 is 1.00 bits per heavy atom. The zero-order valence-corrected chi connectivity index (χ0v) is 11.6. The molecule has 2 rings (SSSR count). The molecule has 22 heavy (non-hydrogen) atoms. The lowest BCUT2D eigenvalue weighted by Gasteiger charge is -2.08. The van der Waals surface area contributed by atoms with Gasteiger partial charge in [-0.25, -0.2) is 4.79 Å². The van der Waals surface area contributed by atoms with Crippen LogP contribution in [0.25, 0.3) is 0 Å². The average molecular weight is 302 g/mol. The fourth-order valence-corrected chi connectivity index (χ4v) is 1.76. The Balaban J connectivity index is 2.19. The number of carboxylic acids is 1. The number of benzene rings is 2. The van der Waals surface area contributed by atoms with Gasteiger partial charge in [0, 0.05) is 5.56 Å². The fraction of sp³-hybridized carbons (Fsp3) is 0.0667. The number of nitrogens with one attached hydrogen (secondary N) is 1. The summed E-state index contributed by atoms with van der Waals surface area (Å²) in [5.41, 5.74) is 4.06. The van der Waals surface area contributed by atoms with Crippen LogP contribution in [0.2, 0.25) is 0 Å². The predicted octanol–water partition coefficient (Wildman–Crippen LogP) is 2.34. The maximum atomic E-state index is 10.7. The van der Waals surface area contributed by atoms with Crippen molar-refractivity contribution in [1.82, 2.24) is 0 Å². The lowest BCUT2D eigenvalue weighted by molar-refractivity contribution is 0.0697. The molecular weight excluding hydrogens is 288 g/mol. The molecule has 2 aromatic carbocycles. The predicted molar refractivity (Wildman–Crippen MR) is 80.7 cm³/mol. The summed E-state index contributed by atoms with van der Waals surface area (Å²) in [6.07, 6.45) is 0. The van der Waals surface area contributed by atoms with Gasteiger partial charge in [0.15, 0.2) is 11.5 Å². The maximum Gasteiger partial charge on any atom is 0.335 e. The van der Waals surface area contributed by atoms with Crippen LogP contribution in [-0.4, -0.2) is 32.1 Å². The van der Waals surface area contributed by atoms with Gasteiger partial charge >= 0.3 is 5.97 Å². The summed E-state index contributed by atoms with van der Waals surface area (Å²) in [5.74, 6) is -2.52. The second-order valence-corrected chi connectivity index (χ2v) is 4.52. The first kappa shape index (κ1) is 15.2. The number of rotatable bonds is 4. The summed E-state index contributed by atoms with van der Waals surface area (Å²) in [6, 6.07) is 8.62. The number of carbonyl (C=O) groups is 1. The molecule has 7 nitrogen and oxygen atoms in total. The van der Waals surface area contributed by atoms with Crippen molar-refractivity contribution in [3.63, 3.8) is 0 Å². The molecule has 5 N–H and O–H groups in total. The number of hydrogen-bond donors (Lipinski definition) is 5. The van der Waals surface area contributed by atoms with Crippen LogP contribution in [0.5, 0.6) is 17.2 Å². The molecule has 0 aliphatic rings. The summed E-state index contributed by atoms with van der Waals surface area (Å²) in [6.45, 7) is 1.60. The van der Waals surface area contributed by atoms with Crippen molar-refractivity contribution in [2.75, 3.05) is 5.43 Å². The van der Waals surface area contributed by atoms with Crippen LogP contribution < -0.4 is 5.43 Å². The van der Waals surface area contributed by atoms with E-state index < -0.39 is 23.2 Å². The highest BCUT2D eigenvalue weighted by Crippen LogP contribution is 2.37. The molecule has 2 aromatic rings. The van der Waals surface area contributed by atoms with Gasteiger partial charge in [-0.15, -0.1) is 0 Å². The highest BCUT2D eigenvalue weighted by molar-refractivity contribution is 6.02. The van der Waals surface area contributed by atoms with Gasteiger partial charge in [-0.3, -0.25) is 5.43 Å². The Morgan fingerprint density at radius 2 is 1.64 bits per heavy atom. The third-order valence-corrected chi connectivity index (χ3v) is 3.00. The molecule has 0 unspecified atom stereocenters. The topological polar surface area (TPSA) is 122 Å². The Labute approximate surface area is 125 Å². The van der Waals surface area contributed by atoms with Gasteiger partial charge in [-0.05, 0) is 43.3 Å². The van der Waals surface area contributed by atoms with Crippen molar-refractivity contribution in [2.45, 2.75) is 6.92 Å². The van der Waals surface area contributed by atoms with E-state index in [0.29, 0.717) is 11.4 Å². The van der Waals surface area contributed by atoms with Gasteiger partial charge in [0.05, 0.1) is 17.0 Å². The van der Waals surface area contributed by atoms with Gasteiger partial charge in [-0.2, -0.15) is 5.10 Å². The third kappa shape index (κ3) is 3.09. The molecule has 0 heterocycles. The van der Waals surface area contributed by atoms with E-state index in [4.69, 9.17) is 5.11 Å². The molecule has 7 heteroatoms. The number of hydrazone groups is 1. The third-order valence-electron chi connectivity index (χ3n) is 3.00. The first-order valence-electron chi connectivity index (χ1n) is 6.28. The van der Waals surface area contributed by atoms with Crippen LogP contribution in [0.1, 0.15) is 22.8 Å². The van der Waals surface area contributed by atoms with E-state index in [-0.39, 0.29) is 11.1 Å². The summed E-state index contributed by atoms with van der Waals surface area (Å²) < 4.78 is 0. The van der Waals surface area contributed by atoms with Crippen molar-refractivity contribution < 1.29 is 25.2 Å². The molecule has 0 atom stereocenters. The Morgan fingerprint density at radius 3 is 2.23 bits per heavy atom. The Bertz CT molecular complexity index is 738. The minimum absolute atomic E-state index is 0.160. The zero-order chi connectivity index (χ0) is 16.3. The molecule has 0 bridgehead atoms. The molecule has 0 aliphatic heterocycles. The van der Waals surface area contributed by atoms with Gasteiger partial charge in [0.2, 0.25) is 5.75 Å². The second kappa shape index (κ2) is 6.04. The van der Waals surface area contributed by atoms with Gasteiger partial charge in [0.1, 0.15) is 0 Å². The van der Waals surface area contributed by atoms with Crippen LogP contribution in [0.15, 0.2) is 41.5 Å². The molecular formula is C15H14N2O5. The number of carboxylic acid groups (broad SMARTS) is 1. The van der Waals surface area contributed by atoms with Crippen molar-refractivity contribution in [3.8, 4) is 17.2 Å². The zero-order valence-electron chi connectivity index (χ0n) is 11.6. The molecule has 0 saturated heterocycles. The summed E-state index contributed by atoms with van der Waals surface area (Å²) in [5, 5.41) is 41.3. The molecule has 0 amide bonds. The molecule has 0 aliphatic carbocycles. The Hall–Kier alpha value is -3.22. The molecule has 114 valence electrons. The van der Waals surface area contributed by atoms with Crippen LogP contribution >= 0.6 is 0 Å². The SMILES string of the molecule is C/C(=N\Nc1ccc(C(=O)O)cc1)c1ccc(O)c(O)c1O. The highest BCUT2D eigenvalue weighted by Gasteiger charge is 2.13. The van der Waals surface area contributed by atoms with Crippen LogP contribution in [0.3, 0.4) is 0 Å². The number of nitrogens with zero attached hydrogens (tertiary/aromatic N) is 1. The first-order chi connectivity index (χ1) is 10.4. The van der Waals surface area contributed by atoms with Crippen LogP contribution in [0.4, 0.5) is 5.69 Å². The van der Waals surface area contributed by atoms with Crippen molar-refractivity contribution in [1.29, 1.82) is 0 Å². The lowest BCUT2D eigenvalue weighted by Crippen LogP contribution is -2.01. The number of hydrogen-bond acceptors (Lipinski definition) is 6. The van der Waals surface area contributed by atoms with E-state index in [1.807, 2.05) is 0 Å². The number of aromatic carboxylic acids is 1. The van der Waals surface area contributed by atoms with Gasteiger partial charge < -0.3 is 20.4 Å². The highest BCUT2D eigenvalue weighted by atomic mass is 16.4. The quantitative estimate of drug-likeness (QED) is 0.335.